The maximum atomic E-state index is 13.3. The average molecular weight is 420 g/mol. The molecule has 0 atom stereocenters. The lowest BCUT2D eigenvalue weighted by Crippen LogP contribution is -2.31. The molecule has 2 rings (SSSR count). The summed E-state index contributed by atoms with van der Waals surface area (Å²) in [5, 5.41) is 11.8. The van der Waals surface area contributed by atoms with Crippen molar-refractivity contribution in [2.75, 3.05) is 32.1 Å². The molecule has 1 aliphatic rings. The van der Waals surface area contributed by atoms with E-state index in [1.165, 1.54) is 30.2 Å². The number of ether oxygens (including phenoxy) is 1. The van der Waals surface area contributed by atoms with Crippen molar-refractivity contribution in [1.82, 2.24) is 4.90 Å². The van der Waals surface area contributed by atoms with Crippen molar-refractivity contribution in [3.8, 4) is 0 Å². The number of hydrogen-bond donors (Lipinski definition) is 2. The van der Waals surface area contributed by atoms with E-state index in [1.807, 2.05) is 22.6 Å². The SMILES string of the molecule is COC(=O)C1=C(Nc2ccc(F)c(I)c2)C(=O)N(CCO)C1. The van der Waals surface area contributed by atoms with Crippen molar-refractivity contribution in [3.05, 3.63) is 38.9 Å². The fourth-order valence-electron chi connectivity index (χ4n) is 2.07. The van der Waals surface area contributed by atoms with E-state index < -0.39 is 11.9 Å². The first-order valence-electron chi connectivity index (χ1n) is 6.41. The average Bonchev–Trinajstić information content (AvgIpc) is 2.80. The predicted molar refractivity (Wildman–Crippen MR) is 85.4 cm³/mol. The zero-order chi connectivity index (χ0) is 16.3. The van der Waals surface area contributed by atoms with Crippen molar-refractivity contribution >= 4 is 40.2 Å². The monoisotopic (exact) mass is 420 g/mol. The lowest BCUT2D eigenvalue weighted by molar-refractivity contribution is -0.136. The predicted octanol–water partition coefficient (Wildman–Crippen LogP) is 1.10. The van der Waals surface area contributed by atoms with E-state index in [1.54, 1.807) is 0 Å². The van der Waals surface area contributed by atoms with Gasteiger partial charge in [0, 0.05) is 12.2 Å². The van der Waals surface area contributed by atoms with Crippen molar-refractivity contribution in [3.63, 3.8) is 0 Å². The quantitative estimate of drug-likeness (QED) is 0.551. The number of esters is 1. The summed E-state index contributed by atoms with van der Waals surface area (Å²) in [5.74, 6) is -1.39. The Morgan fingerprint density at radius 1 is 1.55 bits per heavy atom. The second-order valence-corrected chi connectivity index (χ2v) is 5.71. The van der Waals surface area contributed by atoms with Gasteiger partial charge in [-0.05, 0) is 40.8 Å². The van der Waals surface area contributed by atoms with E-state index in [-0.39, 0.29) is 36.8 Å². The van der Waals surface area contributed by atoms with Crippen LogP contribution in [0.4, 0.5) is 10.1 Å². The van der Waals surface area contributed by atoms with Crippen LogP contribution in [0, 0.1) is 9.39 Å². The summed E-state index contributed by atoms with van der Waals surface area (Å²) in [4.78, 5) is 25.4. The van der Waals surface area contributed by atoms with Crippen LogP contribution >= 0.6 is 22.6 Å². The van der Waals surface area contributed by atoms with E-state index in [0.717, 1.165) is 0 Å². The summed E-state index contributed by atoms with van der Waals surface area (Å²) >= 11 is 1.83. The minimum atomic E-state index is -0.618. The van der Waals surface area contributed by atoms with E-state index in [9.17, 15) is 14.0 Å². The number of nitrogens with one attached hydrogen (secondary N) is 1. The molecule has 118 valence electrons. The van der Waals surface area contributed by atoms with Gasteiger partial charge < -0.3 is 20.1 Å². The Balaban J connectivity index is 2.32. The highest BCUT2D eigenvalue weighted by molar-refractivity contribution is 14.1. The molecule has 0 saturated carbocycles. The fraction of sp³-hybridized carbons (Fsp3) is 0.286. The van der Waals surface area contributed by atoms with Gasteiger partial charge in [-0.25, -0.2) is 9.18 Å². The molecule has 1 aliphatic heterocycles. The minimum absolute atomic E-state index is 0.0622. The van der Waals surface area contributed by atoms with Gasteiger partial charge in [0.2, 0.25) is 0 Å². The van der Waals surface area contributed by atoms with Gasteiger partial charge in [-0.15, -0.1) is 0 Å². The van der Waals surface area contributed by atoms with Crippen LogP contribution in [0.5, 0.6) is 0 Å². The topological polar surface area (TPSA) is 78.9 Å². The maximum absolute atomic E-state index is 13.3. The van der Waals surface area contributed by atoms with E-state index in [0.29, 0.717) is 9.26 Å². The molecule has 0 spiro atoms. The molecular formula is C14H14FIN2O4. The lowest BCUT2D eigenvalue weighted by Gasteiger charge is -2.15. The first kappa shape index (κ1) is 16.7. The lowest BCUT2D eigenvalue weighted by atomic mass is 10.2. The highest BCUT2D eigenvalue weighted by Gasteiger charge is 2.34. The third-order valence-electron chi connectivity index (χ3n) is 3.14. The molecule has 0 aliphatic carbocycles. The van der Waals surface area contributed by atoms with Crippen molar-refractivity contribution in [2.45, 2.75) is 0 Å². The smallest absolute Gasteiger partial charge is 0.337 e. The van der Waals surface area contributed by atoms with Crippen LogP contribution in [0.25, 0.3) is 0 Å². The van der Waals surface area contributed by atoms with Crippen molar-refractivity contribution < 1.29 is 23.8 Å². The molecule has 6 nitrogen and oxygen atoms in total. The molecule has 0 radical (unpaired) electrons. The summed E-state index contributed by atoms with van der Waals surface area (Å²) in [6.07, 6.45) is 0. The largest absolute Gasteiger partial charge is 0.466 e. The van der Waals surface area contributed by atoms with Crippen LogP contribution < -0.4 is 5.32 Å². The van der Waals surface area contributed by atoms with E-state index in [4.69, 9.17) is 5.11 Å². The molecule has 1 heterocycles. The summed E-state index contributed by atoms with van der Waals surface area (Å²) in [6, 6.07) is 4.27. The zero-order valence-corrected chi connectivity index (χ0v) is 13.9. The van der Waals surface area contributed by atoms with Crippen LogP contribution in [0.3, 0.4) is 0 Å². The molecule has 0 bridgehead atoms. The van der Waals surface area contributed by atoms with Crippen LogP contribution in [-0.4, -0.2) is 48.7 Å². The summed E-state index contributed by atoms with van der Waals surface area (Å²) in [6.45, 7) is -0.0277. The Bertz CT molecular complexity index is 648. The molecule has 0 fully saturated rings. The van der Waals surface area contributed by atoms with E-state index in [2.05, 4.69) is 10.1 Å². The summed E-state index contributed by atoms with van der Waals surface area (Å²) in [5.41, 5.74) is 0.754. The Morgan fingerprint density at radius 3 is 2.86 bits per heavy atom. The first-order chi connectivity index (χ1) is 10.5. The molecule has 0 unspecified atom stereocenters. The van der Waals surface area contributed by atoms with Gasteiger partial charge in [-0.3, -0.25) is 4.79 Å². The van der Waals surface area contributed by atoms with Gasteiger partial charge in [0.25, 0.3) is 5.91 Å². The Kier molecular flexibility index (Phi) is 5.35. The Morgan fingerprint density at radius 2 is 2.27 bits per heavy atom. The molecule has 1 amide bonds. The molecule has 1 aromatic carbocycles. The number of carbonyl (C=O) groups excluding carboxylic acids is 2. The number of carbonyl (C=O) groups is 2. The fourth-order valence-corrected chi connectivity index (χ4v) is 2.58. The third-order valence-corrected chi connectivity index (χ3v) is 3.97. The molecule has 1 aromatic rings. The molecule has 8 heteroatoms. The summed E-state index contributed by atoms with van der Waals surface area (Å²) < 4.78 is 18.4. The standard InChI is InChI=1S/C14H14FIN2O4/c1-22-14(21)9-7-18(4-5-19)13(20)12(9)17-8-2-3-10(15)11(16)6-8/h2-3,6,17,19H,4-5,7H2,1H3. The van der Waals surface area contributed by atoms with Gasteiger partial charge in [0.15, 0.2) is 0 Å². The number of amides is 1. The zero-order valence-electron chi connectivity index (χ0n) is 11.7. The first-order valence-corrected chi connectivity index (χ1v) is 7.49. The Hall–Kier alpha value is -1.68. The number of rotatable bonds is 5. The Labute approximate surface area is 140 Å². The highest BCUT2D eigenvalue weighted by Crippen LogP contribution is 2.24. The second-order valence-electron chi connectivity index (χ2n) is 4.55. The number of aliphatic hydroxyl groups excluding tert-OH is 1. The number of benzene rings is 1. The van der Waals surface area contributed by atoms with Gasteiger partial charge in [0.1, 0.15) is 11.5 Å². The van der Waals surface area contributed by atoms with Crippen molar-refractivity contribution in [1.29, 1.82) is 0 Å². The minimum Gasteiger partial charge on any atom is -0.466 e. The van der Waals surface area contributed by atoms with Crippen LogP contribution in [-0.2, 0) is 14.3 Å². The van der Waals surface area contributed by atoms with Gasteiger partial charge in [-0.2, -0.15) is 0 Å². The molecule has 0 aromatic heterocycles. The number of halogens is 2. The number of β-amino-alcohol motifs (C(OH)–C–C–N with tert-alkyl or cyclic N) is 1. The van der Waals surface area contributed by atoms with Crippen LogP contribution in [0.15, 0.2) is 29.5 Å². The molecular weight excluding hydrogens is 406 g/mol. The van der Waals surface area contributed by atoms with E-state index >= 15 is 0 Å². The number of methoxy groups -OCH3 is 1. The van der Waals surface area contributed by atoms with Gasteiger partial charge in [-0.1, -0.05) is 0 Å². The van der Waals surface area contributed by atoms with Crippen LogP contribution in [0.1, 0.15) is 0 Å². The maximum Gasteiger partial charge on any atom is 0.337 e. The molecule has 0 saturated heterocycles. The number of hydrogen-bond acceptors (Lipinski definition) is 5. The number of nitrogens with zero attached hydrogens (tertiary/aromatic N) is 1. The highest BCUT2D eigenvalue weighted by atomic mass is 127. The number of aliphatic hydroxyl groups is 1. The van der Waals surface area contributed by atoms with Gasteiger partial charge >= 0.3 is 5.97 Å². The third kappa shape index (κ3) is 3.38. The summed E-state index contributed by atoms with van der Waals surface area (Å²) in [7, 11) is 1.23. The van der Waals surface area contributed by atoms with Crippen LogP contribution in [0.2, 0.25) is 0 Å². The molecule has 22 heavy (non-hydrogen) atoms. The van der Waals surface area contributed by atoms with Gasteiger partial charge in [0.05, 0.1) is 29.4 Å². The second kappa shape index (κ2) is 7.05. The molecule has 2 N–H and O–H groups in total. The van der Waals surface area contributed by atoms with Crippen molar-refractivity contribution in [2.24, 2.45) is 0 Å². The normalized spacial score (nSPS) is 14.5. The number of anilines is 1.